The molecule has 0 fully saturated rings. The van der Waals surface area contributed by atoms with Gasteiger partial charge in [-0.2, -0.15) is 0 Å². The zero-order valence-corrected chi connectivity index (χ0v) is 11.6. The molecule has 0 aliphatic rings. The molecule has 106 valence electrons. The molecular weight excluding hydrogens is 277 g/mol. The predicted octanol–water partition coefficient (Wildman–Crippen LogP) is 4.94. The lowest BCUT2D eigenvalue weighted by Gasteiger charge is -2.06. The van der Waals surface area contributed by atoms with Crippen LogP contribution in [0.2, 0.25) is 0 Å². The third-order valence-electron chi connectivity index (χ3n) is 3.97. The van der Waals surface area contributed by atoms with Gasteiger partial charge in [0.2, 0.25) is 0 Å². The number of hydrogen-bond donors (Lipinski definition) is 1. The molecule has 0 saturated heterocycles. The van der Waals surface area contributed by atoms with Gasteiger partial charge in [-0.25, -0.2) is 4.39 Å². The molecule has 2 nitrogen and oxygen atoms in total. The molecule has 0 saturated carbocycles. The van der Waals surface area contributed by atoms with Crippen molar-refractivity contribution in [2.45, 2.75) is 0 Å². The van der Waals surface area contributed by atoms with Crippen LogP contribution in [-0.4, -0.2) is 11.3 Å². The van der Waals surface area contributed by atoms with Crippen molar-refractivity contribution in [3.63, 3.8) is 0 Å². The summed E-state index contributed by atoms with van der Waals surface area (Å²) < 4.78 is 14.4. The number of aldehydes is 1. The number of aromatic nitrogens is 1. The lowest BCUT2D eigenvalue weighted by Crippen LogP contribution is -1.87. The Kier molecular flexibility index (Phi) is 2.79. The fourth-order valence-electron chi connectivity index (χ4n) is 2.90. The van der Waals surface area contributed by atoms with Crippen molar-refractivity contribution in [1.29, 1.82) is 0 Å². The summed E-state index contributed by atoms with van der Waals surface area (Å²) in [7, 11) is 0. The molecule has 22 heavy (non-hydrogen) atoms. The van der Waals surface area contributed by atoms with E-state index in [0.717, 1.165) is 33.7 Å². The van der Waals surface area contributed by atoms with E-state index in [2.05, 4.69) is 4.98 Å². The van der Waals surface area contributed by atoms with E-state index in [1.54, 1.807) is 30.3 Å². The molecule has 1 N–H and O–H groups in total. The van der Waals surface area contributed by atoms with Gasteiger partial charge in [0.05, 0.1) is 5.52 Å². The Labute approximate surface area is 126 Å². The van der Waals surface area contributed by atoms with Crippen LogP contribution < -0.4 is 0 Å². The first-order chi connectivity index (χ1) is 10.8. The normalized spacial score (nSPS) is 11.1. The maximum atomic E-state index is 14.4. The third-order valence-corrected chi connectivity index (χ3v) is 3.97. The number of aromatic amines is 1. The van der Waals surface area contributed by atoms with Crippen molar-refractivity contribution in [2.24, 2.45) is 0 Å². The Morgan fingerprint density at radius 3 is 2.41 bits per heavy atom. The second kappa shape index (κ2) is 4.81. The molecule has 1 heterocycles. The molecule has 0 amide bonds. The van der Waals surface area contributed by atoms with Crippen LogP contribution in [0, 0.1) is 5.82 Å². The topological polar surface area (TPSA) is 32.9 Å². The average molecular weight is 289 g/mol. The lowest BCUT2D eigenvalue weighted by molar-refractivity contribution is 0.112. The Bertz CT molecular complexity index is 999. The molecule has 1 aromatic heterocycles. The molecule has 0 spiro atoms. The minimum absolute atomic E-state index is 0.280. The second-order valence-electron chi connectivity index (χ2n) is 5.26. The van der Waals surface area contributed by atoms with Crippen molar-refractivity contribution >= 4 is 28.1 Å². The highest BCUT2D eigenvalue weighted by Gasteiger charge is 2.14. The third kappa shape index (κ3) is 1.83. The lowest BCUT2D eigenvalue weighted by atomic mass is 10.0. The number of nitrogens with one attached hydrogen (secondary N) is 1. The van der Waals surface area contributed by atoms with E-state index >= 15 is 0 Å². The maximum Gasteiger partial charge on any atom is 0.150 e. The zero-order valence-electron chi connectivity index (χ0n) is 11.6. The summed E-state index contributed by atoms with van der Waals surface area (Å²) in [5.74, 6) is -0.280. The summed E-state index contributed by atoms with van der Waals surface area (Å²) in [6.45, 7) is 0. The number of hydrogen-bond acceptors (Lipinski definition) is 1. The molecule has 3 heteroatoms. The van der Waals surface area contributed by atoms with E-state index in [4.69, 9.17) is 0 Å². The smallest absolute Gasteiger partial charge is 0.150 e. The summed E-state index contributed by atoms with van der Waals surface area (Å²) in [5, 5.41) is 2.06. The molecule has 0 unspecified atom stereocenters. The quantitative estimate of drug-likeness (QED) is 0.521. The van der Waals surface area contributed by atoms with Crippen LogP contribution in [0.1, 0.15) is 10.4 Å². The predicted molar refractivity (Wildman–Crippen MR) is 86.6 cm³/mol. The van der Waals surface area contributed by atoms with Gasteiger partial charge in [-0.3, -0.25) is 4.79 Å². The average Bonchev–Trinajstić information content (AvgIpc) is 2.93. The highest BCUT2D eigenvalue weighted by atomic mass is 19.1. The van der Waals surface area contributed by atoms with Crippen molar-refractivity contribution in [2.75, 3.05) is 0 Å². The molecule has 0 aliphatic heterocycles. The van der Waals surface area contributed by atoms with Crippen LogP contribution in [0.5, 0.6) is 0 Å². The summed E-state index contributed by atoms with van der Waals surface area (Å²) in [6, 6.07) is 18.1. The number of fused-ring (bicyclic) bond motifs is 3. The molecule has 4 rings (SSSR count). The van der Waals surface area contributed by atoms with E-state index in [9.17, 15) is 9.18 Å². The van der Waals surface area contributed by atoms with Crippen molar-refractivity contribution < 1.29 is 9.18 Å². The fourth-order valence-corrected chi connectivity index (χ4v) is 2.90. The number of benzene rings is 3. The summed E-state index contributed by atoms with van der Waals surface area (Å²) >= 11 is 0. The van der Waals surface area contributed by atoms with E-state index in [1.807, 2.05) is 24.3 Å². The van der Waals surface area contributed by atoms with Crippen LogP contribution in [0.4, 0.5) is 4.39 Å². The minimum Gasteiger partial charge on any atom is -0.354 e. The van der Waals surface area contributed by atoms with Gasteiger partial charge in [0, 0.05) is 27.4 Å². The first-order valence-electron chi connectivity index (χ1n) is 7.02. The van der Waals surface area contributed by atoms with Gasteiger partial charge in [-0.05, 0) is 23.8 Å². The minimum atomic E-state index is -0.280. The van der Waals surface area contributed by atoms with E-state index < -0.39 is 0 Å². The monoisotopic (exact) mass is 289 g/mol. The number of carbonyl (C=O) groups excluding carboxylic acids is 1. The Balaban J connectivity index is 2.06. The maximum absolute atomic E-state index is 14.4. The van der Waals surface area contributed by atoms with E-state index in [1.165, 1.54) is 6.07 Å². The first-order valence-corrected chi connectivity index (χ1v) is 7.02. The van der Waals surface area contributed by atoms with Crippen LogP contribution in [-0.2, 0) is 0 Å². The van der Waals surface area contributed by atoms with Crippen molar-refractivity contribution in [3.05, 3.63) is 72.0 Å². The van der Waals surface area contributed by atoms with Gasteiger partial charge in [0.1, 0.15) is 12.1 Å². The number of carbonyl (C=O) groups is 1. The fraction of sp³-hybridized carbons (Fsp3) is 0. The SMILES string of the molecule is O=Cc1ccc(-c2c(F)ccc3c2[nH]c2ccccc23)cc1. The molecule has 0 atom stereocenters. The molecule has 0 bridgehead atoms. The molecular formula is C19H12FNO. The molecule has 0 radical (unpaired) electrons. The van der Waals surface area contributed by atoms with Gasteiger partial charge in [-0.15, -0.1) is 0 Å². The van der Waals surface area contributed by atoms with E-state index in [-0.39, 0.29) is 5.82 Å². The zero-order chi connectivity index (χ0) is 15.1. The number of rotatable bonds is 2. The summed E-state index contributed by atoms with van der Waals surface area (Å²) in [4.78, 5) is 14.1. The van der Waals surface area contributed by atoms with Gasteiger partial charge in [0.25, 0.3) is 0 Å². The molecule has 0 aliphatic carbocycles. The highest BCUT2D eigenvalue weighted by molar-refractivity contribution is 6.11. The summed E-state index contributed by atoms with van der Waals surface area (Å²) in [6.07, 6.45) is 0.781. The van der Waals surface area contributed by atoms with Gasteiger partial charge in [-0.1, -0.05) is 42.5 Å². The van der Waals surface area contributed by atoms with Crippen LogP contribution >= 0.6 is 0 Å². The number of halogens is 1. The Hall–Kier alpha value is -2.94. The van der Waals surface area contributed by atoms with Gasteiger partial charge in [0.15, 0.2) is 0 Å². The first kappa shape index (κ1) is 12.8. The largest absolute Gasteiger partial charge is 0.354 e. The van der Waals surface area contributed by atoms with Gasteiger partial charge >= 0.3 is 0 Å². The van der Waals surface area contributed by atoms with Crippen LogP contribution in [0.3, 0.4) is 0 Å². The molecule has 3 aromatic carbocycles. The standard InChI is InChI=1S/C19H12FNO/c20-16-10-9-15-14-3-1-2-4-17(14)21-19(15)18(16)13-7-5-12(11-22)6-8-13/h1-11,21H. The van der Waals surface area contributed by atoms with Gasteiger partial charge < -0.3 is 4.98 Å². The van der Waals surface area contributed by atoms with Crippen molar-refractivity contribution in [1.82, 2.24) is 4.98 Å². The Morgan fingerprint density at radius 1 is 0.864 bits per heavy atom. The number of para-hydroxylation sites is 1. The molecule has 4 aromatic rings. The van der Waals surface area contributed by atoms with Crippen molar-refractivity contribution in [3.8, 4) is 11.1 Å². The van der Waals surface area contributed by atoms with E-state index in [0.29, 0.717) is 11.1 Å². The summed E-state index contributed by atoms with van der Waals surface area (Å²) in [5.41, 5.74) is 3.62. The van der Waals surface area contributed by atoms with Crippen LogP contribution in [0.25, 0.3) is 32.9 Å². The second-order valence-corrected chi connectivity index (χ2v) is 5.26. The highest BCUT2D eigenvalue weighted by Crippen LogP contribution is 2.35. The Morgan fingerprint density at radius 2 is 1.64 bits per heavy atom. The van der Waals surface area contributed by atoms with Crippen LogP contribution in [0.15, 0.2) is 60.7 Å². The number of H-pyrrole nitrogens is 1.